The van der Waals surface area contributed by atoms with Crippen LogP contribution in [0.5, 0.6) is 0 Å². The van der Waals surface area contributed by atoms with Crippen molar-refractivity contribution in [2.75, 3.05) is 0 Å². The first-order chi connectivity index (χ1) is 10.1. The molecule has 0 bridgehead atoms. The minimum absolute atomic E-state index is 0.300. The Labute approximate surface area is 139 Å². The van der Waals surface area contributed by atoms with Gasteiger partial charge in [0.1, 0.15) is 0 Å². The molecule has 0 aromatic heterocycles. The Balaban J connectivity index is 2.50. The fraction of sp³-hybridized carbons (Fsp3) is 0. The smallest absolute Gasteiger partial charge is 0.218 e. The van der Waals surface area contributed by atoms with Gasteiger partial charge in [-0.3, -0.25) is 4.79 Å². The molecule has 0 heterocycles. The van der Waals surface area contributed by atoms with Crippen LogP contribution in [0.4, 0.5) is 0 Å². The van der Waals surface area contributed by atoms with E-state index in [1.54, 1.807) is 0 Å². The topological polar surface area (TPSA) is 17.1 Å². The molecular weight excluding hydrogens is 316 g/mol. The summed E-state index contributed by atoms with van der Waals surface area (Å²) in [7, 11) is 0. The molecule has 0 saturated heterocycles. The van der Waals surface area contributed by atoms with Crippen LogP contribution < -0.4 is 0 Å². The SMILES string of the molecule is O=C(S)c1c(S)c(S)c(-c2ccccc2)c2ccccc12. The van der Waals surface area contributed by atoms with E-state index in [4.69, 9.17) is 0 Å². The summed E-state index contributed by atoms with van der Waals surface area (Å²) < 4.78 is 0. The summed E-state index contributed by atoms with van der Waals surface area (Å²) in [5, 5.41) is 1.52. The number of rotatable bonds is 2. The Bertz CT molecular complexity index is 842. The van der Waals surface area contributed by atoms with Gasteiger partial charge in [0.15, 0.2) is 0 Å². The maximum atomic E-state index is 11.9. The van der Waals surface area contributed by atoms with E-state index >= 15 is 0 Å². The molecule has 0 spiro atoms. The second-order valence-corrected chi connectivity index (χ2v) is 5.96. The van der Waals surface area contributed by atoms with Crippen LogP contribution in [0.2, 0.25) is 0 Å². The number of carbonyl (C=O) groups excluding carboxylic acids is 1. The first-order valence-electron chi connectivity index (χ1n) is 6.36. The van der Waals surface area contributed by atoms with Crippen LogP contribution in [0.1, 0.15) is 10.4 Å². The van der Waals surface area contributed by atoms with Gasteiger partial charge in [-0.25, -0.2) is 0 Å². The van der Waals surface area contributed by atoms with Gasteiger partial charge in [-0.1, -0.05) is 54.6 Å². The van der Waals surface area contributed by atoms with Crippen molar-refractivity contribution in [3.8, 4) is 11.1 Å². The predicted octanol–water partition coefficient (Wildman–Crippen LogP) is 5.15. The minimum atomic E-state index is -0.300. The van der Waals surface area contributed by atoms with Crippen molar-refractivity contribution in [2.45, 2.75) is 9.79 Å². The molecule has 0 atom stereocenters. The van der Waals surface area contributed by atoms with Gasteiger partial charge >= 0.3 is 0 Å². The number of thiol groups is 3. The molecule has 1 nitrogen and oxygen atoms in total. The van der Waals surface area contributed by atoms with E-state index in [1.807, 2.05) is 54.6 Å². The highest BCUT2D eigenvalue weighted by Gasteiger charge is 2.19. The molecule has 0 unspecified atom stereocenters. The van der Waals surface area contributed by atoms with Crippen LogP contribution >= 0.6 is 37.9 Å². The Hall–Kier alpha value is -1.36. The zero-order chi connectivity index (χ0) is 15.0. The van der Waals surface area contributed by atoms with Crippen LogP contribution in [0.15, 0.2) is 64.4 Å². The Morgan fingerprint density at radius 2 is 1.33 bits per heavy atom. The monoisotopic (exact) mass is 328 g/mol. The predicted molar refractivity (Wildman–Crippen MR) is 97.2 cm³/mol. The number of benzene rings is 3. The molecule has 0 aliphatic heterocycles. The molecular formula is C17H12OS3. The first-order valence-corrected chi connectivity index (χ1v) is 7.70. The molecule has 0 aliphatic rings. The summed E-state index contributed by atoms with van der Waals surface area (Å²) in [6.45, 7) is 0. The van der Waals surface area contributed by atoms with Gasteiger partial charge in [0.2, 0.25) is 5.12 Å². The van der Waals surface area contributed by atoms with E-state index < -0.39 is 0 Å². The second-order valence-electron chi connectivity index (χ2n) is 4.66. The Morgan fingerprint density at radius 1 is 0.762 bits per heavy atom. The Kier molecular flexibility index (Phi) is 4.02. The lowest BCUT2D eigenvalue weighted by Crippen LogP contribution is -1.97. The molecule has 3 rings (SSSR count). The van der Waals surface area contributed by atoms with Gasteiger partial charge < -0.3 is 0 Å². The zero-order valence-electron chi connectivity index (χ0n) is 10.9. The maximum Gasteiger partial charge on any atom is 0.218 e. The molecule has 21 heavy (non-hydrogen) atoms. The van der Waals surface area contributed by atoms with E-state index in [1.165, 1.54) is 0 Å². The van der Waals surface area contributed by atoms with Crippen LogP contribution in [-0.4, -0.2) is 5.12 Å². The van der Waals surface area contributed by atoms with Gasteiger partial charge in [0, 0.05) is 15.4 Å². The highest BCUT2D eigenvalue weighted by atomic mass is 32.1. The highest BCUT2D eigenvalue weighted by Crippen LogP contribution is 2.41. The van der Waals surface area contributed by atoms with Crippen LogP contribution in [-0.2, 0) is 0 Å². The van der Waals surface area contributed by atoms with E-state index in [9.17, 15) is 4.79 Å². The van der Waals surface area contributed by atoms with Crippen molar-refractivity contribution in [1.29, 1.82) is 0 Å². The molecule has 0 saturated carbocycles. The number of fused-ring (bicyclic) bond motifs is 1. The van der Waals surface area contributed by atoms with Gasteiger partial charge in [-0.15, -0.1) is 37.9 Å². The molecule has 0 aliphatic carbocycles. The zero-order valence-corrected chi connectivity index (χ0v) is 13.6. The number of hydrogen-bond donors (Lipinski definition) is 3. The maximum absolute atomic E-state index is 11.9. The lowest BCUT2D eigenvalue weighted by atomic mass is 9.95. The van der Waals surface area contributed by atoms with E-state index in [2.05, 4.69) is 37.9 Å². The molecule has 0 N–H and O–H groups in total. The largest absolute Gasteiger partial charge is 0.282 e. The molecule has 0 radical (unpaired) electrons. The molecule has 104 valence electrons. The van der Waals surface area contributed by atoms with Crippen LogP contribution in [0.25, 0.3) is 21.9 Å². The van der Waals surface area contributed by atoms with Gasteiger partial charge in [-0.2, -0.15) is 0 Å². The van der Waals surface area contributed by atoms with E-state index in [0.717, 1.165) is 21.9 Å². The van der Waals surface area contributed by atoms with E-state index in [0.29, 0.717) is 15.4 Å². The average molecular weight is 328 g/mol. The quantitative estimate of drug-likeness (QED) is 0.554. The molecule has 0 fully saturated rings. The van der Waals surface area contributed by atoms with Crippen molar-refractivity contribution in [3.05, 3.63) is 60.2 Å². The summed E-state index contributed by atoms with van der Waals surface area (Å²) in [5.74, 6) is 0. The van der Waals surface area contributed by atoms with Gasteiger partial charge in [0.05, 0.1) is 5.56 Å². The molecule has 3 aromatic rings. The second kappa shape index (κ2) is 5.79. The van der Waals surface area contributed by atoms with Crippen molar-refractivity contribution in [1.82, 2.24) is 0 Å². The summed E-state index contributed by atoms with van der Waals surface area (Å²) in [6.07, 6.45) is 0. The minimum Gasteiger partial charge on any atom is -0.282 e. The lowest BCUT2D eigenvalue weighted by Gasteiger charge is -2.16. The first kappa shape index (κ1) is 14.6. The van der Waals surface area contributed by atoms with E-state index in [-0.39, 0.29) is 5.12 Å². The van der Waals surface area contributed by atoms with Gasteiger partial charge in [-0.05, 0) is 16.3 Å². The van der Waals surface area contributed by atoms with Crippen molar-refractivity contribution < 1.29 is 4.79 Å². The summed E-state index contributed by atoms with van der Waals surface area (Å²) in [5.41, 5.74) is 2.53. The lowest BCUT2D eigenvalue weighted by molar-refractivity contribution is 0.109. The van der Waals surface area contributed by atoms with Gasteiger partial charge in [0.25, 0.3) is 0 Å². The standard InChI is InChI=1S/C17H12OS3/c18-17(21)14-12-9-5-4-8-11(12)13(15(19)16(14)20)10-6-2-1-3-7-10/h1-9,19-20H,(H,18,21). The van der Waals surface area contributed by atoms with Crippen LogP contribution in [0.3, 0.4) is 0 Å². The summed E-state index contributed by atoms with van der Waals surface area (Å²) in [6, 6.07) is 17.7. The van der Waals surface area contributed by atoms with Crippen molar-refractivity contribution >= 4 is 53.8 Å². The third-order valence-corrected chi connectivity index (χ3v) is 4.73. The van der Waals surface area contributed by atoms with Crippen molar-refractivity contribution in [2.24, 2.45) is 0 Å². The fourth-order valence-corrected chi connectivity index (χ4v) is 3.54. The fourth-order valence-electron chi connectivity index (χ4n) is 2.52. The van der Waals surface area contributed by atoms with Crippen molar-refractivity contribution in [3.63, 3.8) is 0 Å². The average Bonchev–Trinajstić information content (AvgIpc) is 2.49. The van der Waals surface area contributed by atoms with Crippen LogP contribution in [0, 0.1) is 0 Å². The molecule has 3 aromatic carbocycles. The third kappa shape index (κ3) is 2.48. The highest BCUT2D eigenvalue weighted by molar-refractivity contribution is 7.97. The number of carbonyl (C=O) groups is 1. The molecule has 0 amide bonds. The normalized spacial score (nSPS) is 10.8. The summed E-state index contributed by atoms with van der Waals surface area (Å²) in [4.78, 5) is 13.1. The Morgan fingerprint density at radius 3 is 1.95 bits per heavy atom. The third-order valence-electron chi connectivity index (χ3n) is 3.44. The number of hydrogen-bond acceptors (Lipinski definition) is 3. The summed E-state index contributed by atoms with van der Waals surface area (Å²) >= 11 is 13.1. The molecule has 4 heteroatoms.